The van der Waals surface area contributed by atoms with Gasteiger partial charge in [0.2, 0.25) is 0 Å². The van der Waals surface area contributed by atoms with Gasteiger partial charge in [0.1, 0.15) is 0 Å². The van der Waals surface area contributed by atoms with E-state index in [0.717, 1.165) is 25.8 Å². The Morgan fingerprint density at radius 2 is 2.00 bits per heavy atom. The highest BCUT2D eigenvalue weighted by Crippen LogP contribution is 2.23. The molecule has 0 amide bonds. The molecule has 2 N–H and O–H groups in total. The molecule has 0 radical (unpaired) electrons. The van der Waals surface area contributed by atoms with Gasteiger partial charge in [-0.1, -0.05) is 26.0 Å². The standard InChI is InChI=1S/C16H22N2/c1-12(2)14-7-6-13-8-10-18-16(15(13)11-14)5-3-4-9-17/h6-8,10-12H,3-5,9,17H2,1-2H3. The molecule has 2 aromatic rings. The summed E-state index contributed by atoms with van der Waals surface area (Å²) in [6.07, 6.45) is 5.13. The van der Waals surface area contributed by atoms with Crippen LogP contribution >= 0.6 is 0 Å². The van der Waals surface area contributed by atoms with E-state index in [9.17, 15) is 0 Å². The van der Waals surface area contributed by atoms with Crippen molar-refractivity contribution < 1.29 is 0 Å². The van der Waals surface area contributed by atoms with Crippen molar-refractivity contribution in [1.82, 2.24) is 4.98 Å². The second-order valence-electron chi connectivity index (χ2n) is 5.14. The van der Waals surface area contributed by atoms with E-state index in [1.807, 2.05) is 6.20 Å². The summed E-state index contributed by atoms with van der Waals surface area (Å²) in [5, 5.41) is 2.60. The Morgan fingerprint density at radius 1 is 1.17 bits per heavy atom. The van der Waals surface area contributed by atoms with Crippen molar-refractivity contribution in [2.24, 2.45) is 5.73 Å². The highest BCUT2D eigenvalue weighted by molar-refractivity contribution is 5.85. The second kappa shape index (κ2) is 5.96. The molecule has 0 saturated carbocycles. The van der Waals surface area contributed by atoms with Gasteiger partial charge in [-0.2, -0.15) is 0 Å². The predicted molar refractivity (Wildman–Crippen MR) is 77.8 cm³/mol. The molecular weight excluding hydrogens is 220 g/mol. The van der Waals surface area contributed by atoms with Crippen molar-refractivity contribution in [2.45, 2.75) is 39.0 Å². The first-order valence-electron chi connectivity index (χ1n) is 6.80. The van der Waals surface area contributed by atoms with Crippen LogP contribution in [-0.4, -0.2) is 11.5 Å². The molecule has 0 aliphatic heterocycles. The Morgan fingerprint density at radius 3 is 2.72 bits per heavy atom. The first-order chi connectivity index (χ1) is 8.72. The van der Waals surface area contributed by atoms with Crippen LogP contribution in [0, 0.1) is 0 Å². The average Bonchev–Trinajstić information content (AvgIpc) is 2.38. The molecule has 0 aliphatic rings. The van der Waals surface area contributed by atoms with Crippen molar-refractivity contribution in [3.63, 3.8) is 0 Å². The predicted octanol–water partition coefficient (Wildman–Crippen LogP) is 3.64. The van der Waals surface area contributed by atoms with Crippen molar-refractivity contribution in [1.29, 1.82) is 0 Å². The lowest BCUT2D eigenvalue weighted by Crippen LogP contribution is -2.00. The first-order valence-corrected chi connectivity index (χ1v) is 6.80. The maximum Gasteiger partial charge on any atom is 0.0481 e. The van der Waals surface area contributed by atoms with Gasteiger partial charge in [-0.3, -0.25) is 4.98 Å². The van der Waals surface area contributed by atoms with E-state index in [-0.39, 0.29) is 0 Å². The molecule has 2 rings (SSSR count). The average molecular weight is 242 g/mol. The van der Waals surface area contributed by atoms with E-state index in [1.165, 1.54) is 22.0 Å². The lowest BCUT2D eigenvalue weighted by atomic mass is 9.97. The number of unbranched alkanes of at least 4 members (excludes halogenated alkanes) is 1. The minimum atomic E-state index is 0.562. The molecule has 2 nitrogen and oxygen atoms in total. The zero-order valence-corrected chi connectivity index (χ0v) is 11.3. The topological polar surface area (TPSA) is 38.9 Å². The molecule has 0 saturated heterocycles. The first kappa shape index (κ1) is 13.0. The molecule has 1 heterocycles. The molecule has 0 atom stereocenters. The van der Waals surface area contributed by atoms with Crippen LogP contribution in [0.2, 0.25) is 0 Å². The number of hydrogen-bond acceptors (Lipinski definition) is 2. The van der Waals surface area contributed by atoms with Crippen molar-refractivity contribution in [3.8, 4) is 0 Å². The summed E-state index contributed by atoms with van der Waals surface area (Å²) in [6, 6.07) is 8.81. The van der Waals surface area contributed by atoms with Gasteiger partial charge >= 0.3 is 0 Å². The van der Waals surface area contributed by atoms with E-state index in [4.69, 9.17) is 5.73 Å². The molecule has 0 aliphatic carbocycles. The Balaban J connectivity index is 2.36. The Bertz CT molecular complexity index is 517. The van der Waals surface area contributed by atoms with Crippen LogP contribution in [0.15, 0.2) is 30.5 Å². The summed E-state index contributed by atoms with van der Waals surface area (Å²) in [6.45, 7) is 5.22. The molecule has 1 aromatic heterocycles. The third-order valence-corrected chi connectivity index (χ3v) is 3.41. The lowest BCUT2D eigenvalue weighted by Gasteiger charge is -2.10. The van der Waals surface area contributed by atoms with Crippen LogP contribution < -0.4 is 5.73 Å². The van der Waals surface area contributed by atoms with Crippen LogP contribution in [0.5, 0.6) is 0 Å². The fourth-order valence-corrected chi connectivity index (χ4v) is 2.24. The minimum Gasteiger partial charge on any atom is -0.330 e. The quantitative estimate of drug-likeness (QED) is 0.813. The van der Waals surface area contributed by atoms with Crippen LogP contribution in [-0.2, 0) is 6.42 Å². The van der Waals surface area contributed by atoms with Crippen LogP contribution in [0.3, 0.4) is 0 Å². The van der Waals surface area contributed by atoms with E-state index >= 15 is 0 Å². The fourth-order valence-electron chi connectivity index (χ4n) is 2.24. The summed E-state index contributed by atoms with van der Waals surface area (Å²) >= 11 is 0. The largest absolute Gasteiger partial charge is 0.330 e. The molecule has 0 bridgehead atoms. The number of hydrogen-bond donors (Lipinski definition) is 1. The van der Waals surface area contributed by atoms with Crippen molar-refractivity contribution in [2.75, 3.05) is 6.54 Å². The Hall–Kier alpha value is -1.41. The van der Waals surface area contributed by atoms with Gasteiger partial charge in [0.05, 0.1) is 0 Å². The van der Waals surface area contributed by atoms with E-state index < -0.39 is 0 Å². The molecule has 18 heavy (non-hydrogen) atoms. The van der Waals surface area contributed by atoms with Gasteiger partial charge in [-0.15, -0.1) is 0 Å². The van der Waals surface area contributed by atoms with Gasteiger partial charge in [-0.25, -0.2) is 0 Å². The summed E-state index contributed by atoms with van der Waals surface area (Å²) in [5.41, 5.74) is 8.15. The van der Waals surface area contributed by atoms with Crippen molar-refractivity contribution in [3.05, 3.63) is 41.7 Å². The third-order valence-electron chi connectivity index (χ3n) is 3.41. The Kier molecular flexibility index (Phi) is 4.32. The molecular formula is C16H22N2. The van der Waals surface area contributed by atoms with Gasteiger partial charge < -0.3 is 5.73 Å². The van der Waals surface area contributed by atoms with Crippen molar-refractivity contribution >= 4 is 10.8 Å². The highest BCUT2D eigenvalue weighted by atomic mass is 14.7. The summed E-state index contributed by atoms with van der Waals surface area (Å²) < 4.78 is 0. The fraction of sp³-hybridized carbons (Fsp3) is 0.438. The number of pyridine rings is 1. The Labute approximate surface area is 109 Å². The number of aryl methyl sites for hydroxylation is 1. The molecule has 0 unspecified atom stereocenters. The summed E-state index contributed by atoms with van der Waals surface area (Å²) in [5.74, 6) is 0.562. The zero-order valence-electron chi connectivity index (χ0n) is 11.3. The number of fused-ring (bicyclic) bond motifs is 1. The smallest absolute Gasteiger partial charge is 0.0481 e. The number of nitrogens with zero attached hydrogens (tertiary/aromatic N) is 1. The van der Waals surface area contributed by atoms with Gasteiger partial charge in [0.15, 0.2) is 0 Å². The number of aromatic nitrogens is 1. The van der Waals surface area contributed by atoms with Gasteiger partial charge in [-0.05, 0) is 54.8 Å². The van der Waals surface area contributed by atoms with E-state index in [0.29, 0.717) is 5.92 Å². The zero-order chi connectivity index (χ0) is 13.0. The van der Waals surface area contributed by atoms with Gasteiger partial charge in [0, 0.05) is 17.3 Å². The van der Waals surface area contributed by atoms with E-state index in [2.05, 4.69) is 43.1 Å². The highest BCUT2D eigenvalue weighted by Gasteiger charge is 2.05. The molecule has 0 spiro atoms. The van der Waals surface area contributed by atoms with Gasteiger partial charge in [0.25, 0.3) is 0 Å². The molecule has 96 valence electrons. The molecule has 1 aromatic carbocycles. The minimum absolute atomic E-state index is 0.562. The lowest BCUT2D eigenvalue weighted by molar-refractivity contribution is 0.736. The molecule has 0 fully saturated rings. The summed E-state index contributed by atoms with van der Waals surface area (Å²) in [7, 11) is 0. The number of nitrogens with two attached hydrogens (primary N) is 1. The molecule has 2 heteroatoms. The summed E-state index contributed by atoms with van der Waals surface area (Å²) in [4.78, 5) is 4.54. The van der Waals surface area contributed by atoms with E-state index in [1.54, 1.807) is 0 Å². The number of benzene rings is 1. The second-order valence-corrected chi connectivity index (χ2v) is 5.14. The van der Waals surface area contributed by atoms with Crippen LogP contribution in [0.1, 0.15) is 43.9 Å². The maximum absolute atomic E-state index is 5.55. The third kappa shape index (κ3) is 2.88. The van der Waals surface area contributed by atoms with Crippen LogP contribution in [0.25, 0.3) is 10.8 Å². The van der Waals surface area contributed by atoms with Crippen LogP contribution in [0.4, 0.5) is 0 Å². The monoisotopic (exact) mass is 242 g/mol. The SMILES string of the molecule is CC(C)c1ccc2ccnc(CCCCN)c2c1. The number of rotatable bonds is 5. The normalized spacial score (nSPS) is 11.3. The maximum atomic E-state index is 5.55.